The Kier molecular flexibility index (Phi) is 5.29. The number of hydrogen-bond acceptors (Lipinski definition) is 4. The predicted molar refractivity (Wildman–Crippen MR) is 102 cm³/mol. The molecule has 0 aliphatic carbocycles. The quantitative estimate of drug-likeness (QED) is 0.740. The number of nitrogens with one attached hydrogen (secondary N) is 1. The minimum atomic E-state index is -0.161. The van der Waals surface area contributed by atoms with Gasteiger partial charge in [0.25, 0.3) is 0 Å². The number of benzene rings is 2. The van der Waals surface area contributed by atoms with Gasteiger partial charge < -0.3 is 9.47 Å². The van der Waals surface area contributed by atoms with E-state index in [0.717, 1.165) is 49.8 Å². The van der Waals surface area contributed by atoms with Crippen molar-refractivity contribution in [3.8, 4) is 0 Å². The van der Waals surface area contributed by atoms with Gasteiger partial charge in [0, 0.05) is 25.3 Å². The Morgan fingerprint density at radius 2 is 1.92 bits per heavy atom. The maximum Gasteiger partial charge on any atom is 0.126 e. The number of ether oxygens (including phenoxy) is 2. The lowest BCUT2D eigenvalue weighted by Crippen LogP contribution is -2.38. The van der Waals surface area contributed by atoms with Gasteiger partial charge in [-0.05, 0) is 35.4 Å². The number of aryl methyl sites for hydroxylation is 1. The maximum absolute atomic E-state index is 6.31. The van der Waals surface area contributed by atoms with Crippen LogP contribution in [-0.2, 0) is 9.47 Å². The molecule has 26 heavy (non-hydrogen) atoms. The zero-order valence-corrected chi connectivity index (χ0v) is 15.1. The monoisotopic (exact) mass is 351 g/mol. The molecule has 0 radical (unpaired) electrons. The molecule has 0 bridgehead atoms. The summed E-state index contributed by atoms with van der Waals surface area (Å²) < 4.78 is 11.7. The van der Waals surface area contributed by atoms with Gasteiger partial charge in [-0.3, -0.25) is 10.00 Å². The van der Waals surface area contributed by atoms with Gasteiger partial charge in [0.05, 0.1) is 25.5 Å². The van der Waals surface area contributed by atoms with Crippen LogP contribution in [0.2, 0.25) is 0 Å². The molecule has 1 aliphatic rings. The highest BCUT2D eigenvalue weighted by molar-refractivity contribution is 5.83. The van der Waals surface area contributed by atoms with Gasteiger partial charge in [-0.15, -0.1) is 0 Å². The van der Waals surface area contributed by atoms with Gasteiger partial charge in [-0.1, -0.05) is 36.4 Å². The van der Waals surface area contributed by atoms with E-state index in [1.165, 1.54) is 10.8 Å². The van der Waals surface area contributed by atoms with Crippen molar-refractivity contribution in [2.45, 2.75) is 13.0 Å². The Labute approximate surface area is 153 Å². The molecule has 3 aromatic rings. The van der Waals surface area contributed by atoms with E-state index in [1.807, 2.05) is 6.92 Å². The Morgan fingerprint density at radius 1 is 1.12 bits per heavy atom. The molecule has 1 unspecified atom stereocenters. The Balaban J connectivity index is 1.53. The van der Waals surface area contributed by atoms with Crippen molar-refractivity contribution in [2.24, 2.45) is 0 Å². The molecule has 4 rings (SSSR count). The molecule has 2 heterocycles. The Hall–Kier alpha value is -2.21. The summed E-state index contributed by atoms with van der Waals surface area (Å²) >= 11 is 0. The fourth-order valence-corrected chi connectivity index (χ4v) is 3.42. The first-order valence-electron chi connectivity index (χ1n) is 9.22. The number of rotatable bonds is 6. The van der Waals surface area contributed by atoms with Crippen molar-refractivity contribution in [2.75, 3.05) is 39.5 Å². The number of nitrogens with zero attached hydrogens (tertiary/aromatic N) is 2. The summed E-state index contributed by atoms with van der Waals surface area (Å²) in [4.78, 5) is 2.39. The number of aromatic nitrogens is 2. The zero-order valence-electron chi connectivity index (χ0n) is 15.1. The zero-order chi connectivity index (χ0) is 17.8. The van der Waals surface area contributed by atoms with Gasteiger partial charge in [0.15, 0.2) is 0 Å². The molecule has 1 N–H and O–H groups in total. The summed E-state index contributed by atoms with van der Waals surface area (Å²) in [5.74, 6) is 0. The summed E-state index contributed by atoms with van der Waals surface area (Å²) in [5, 5.41) is 9.95. The summed E-state index contributed by atoms with van der Waals surface area (Å²) in [6, 6.07) is 17.0. The van der Waals surface area contributed by atoms with E-state index in [2.05, 4.69) is 63.6 Å². The first-order valence-corrected chi connectivity index (χ1v) is 9.22. The van der Waals surface area contributed by atoms with Crippen LogP contribution < -0.4 is 0 Å². The van der Waals surface area contributed by atoms with Crippen molar-refractivity contribution in [3.63, 3.8) is 0 Å². The van der Waals surface area contributed by atoms with Crippen LogP contribution >= 0.6 is 0 Å². The van der Waals surface area contributed by atoms with E-state index in [4.69, 9.17) is 9.47 Å². The third-order valence-electron chi connectivity index (χ3n) is 4.87. The normalized spacial score (nSPS) is 16.8. The number of aromatic amines is 1. The third-order valence-corrected chi connectivity index (χ3v) is 4.87. The largest absolute Gasteiger partial charge is 0.379 e. The van der Waals surface area contributed by atoms with E-state index in [1.54, 1.807) is 0 Å². The number of fused-ring (bicyclic) bond motifs is 1. The maximum atomic E-state index is 6.31. The van der Waals surface area contributed by atoms with Crippen LogP contribution in [0.3, 0.4) is 0 Å². The van der Waals surface area contributed by atoms with E-state index >= 15 is 0 Å². The second-order valence-electron chi connectivity index (χ2n) is 6.79. The van der Waals surface area contributed by atoms with Crippen LogP contribution in [-0.4, -0.2) is 54.6 Å². The van der Waals surface area contributed by atoms with E-state index < -0.39 is 0 Å². The SMILES string of the molecule is Cc1cc(C(OCCN2CCOCC2)c2ccc3ccccc3c2)n[nH]1. The Morgan fingerprint density at radius 3 is 2.69 bits per heavy atom. The molecule has 1 aliphatic heterocycles. The third kappa shape index (κ3) is 3.96. The van der Waals surface area contributed by atoms with Crippen LogP contribution in [0, 0.1) is 6.92 Å². The molecule has 1 fully saturated rings. The van der Waals surface area contributed by atoms with Crippen LogP contribution in [0.4, 0.5) is 0 Å². The first kappa shape index (κ1) is 17.2. The molecule has 0 amide bonds. The van der Waals surface area contributed by atoms with E-state index in [0.29, 0.717) is 6.61 Å². The van der Waals surface area contributed by atoms with Gasteiger partial charge in [0.1, 0.15) is 6.10 Å². The topological polar surface area (TPSA) is 50.4 Å². The minimum Gasteiger partial charge on any atom is -0.379 e. The highest BCUT2D eigenvalue weighted by atomic mass is 16.5. The number of morpholine rings is 1. The van der Waals surface area contributed by atoms with E-state index in [9.17, 15) is 0 Å². The van der Waals surface area contributed by atoms with Crippen LogP contribution in [0.1, 0.15) is 23.1 Å². The average Bonchev–Trinajstić information content (AvgIpc) is 3.12. The lowest BCUT2D eigenvalue weighted by molar-refractivity contribution is 0.00898. The fraction of sp³-hybridized carbons (Fsp3) is 0.381. The molecule has 5 nitrogen and oxygen atoms in total. The molecular formula is C21H25N3O2. The van der Waals surface area contributed by atoms with Crippen molar-refractivity contribution >= 4 is 10.8 Å². The second-order valence-corrected chi connectivity index (χ2v) is 6.79. The van der Waals surface area contributed by atoms with Crippen LogP contribution in [0.15, 0.2) is 48.5 Å². The molecule has 2 aromatic carbocycles. The van der Waals surface area contributed by atoms with E-state index in [-0.39, 0.29) is 6.10 Å². The molecule has 1 aromatic heterocycles. The molecule has 5 heteroatoms. The predicted octanol–water partition coefficient (Wildman–Crippen LogP) is 3.31. The lowest BCUT2D eigenvalue weighted by Gasteiger charge is -2.27. The van der Waals surface area contributed by atoms with Crippen molar-refractivity contribution < 1.29 is 9.47 Å². The van der Waals surface area contributed by atoms with Crippen LogP contribution in [0.5, 0.6) is 0 Å². The van der Waals surface area contributed by atoms with Crippen molar-refractivity contribution in [1.29, 1.82) is 0 Å². The van der Waals surface area contributed by atoms with Gasteiger partial charge in [-0.25, -0.2) is 0 Å². The Bertz CT molecular complexity index is 855. The summed E-state index contributed by atoms with van der Waals surface area (Å²) in [5.41, 5.74) is 3.11. The molecule has 0 spiro atoms. The van der Waals surface area contributed by atoms with Gasteiger partial charge in [0.2, 0.25) is 0 Å². The molecule has 136 valence electrons. The minimum absolute atomic E-state index is 0.161. The van der Waals surface area contributed by atoms with Crippen LogP contribution in [0.25, 0.3) is 10.8 Å². The molecule has 1 saturated heterocycles. The molecular weight excluding hydrogens is 326 g/mol. The number of hydrogen-bond donors (Lipinski definition) is 1. The summed E-state index contributed by atoms with van der Waals surface area (Å²) in [6.07, 6.45) is -0.161. The van der Waals surface area contributed by atoms with Crippen molar-refractivity contribution in [3.05, 3.63) is 65.5 Å². The molecule has 0 saturated carbocycles. The number of H-pyrrole nitrogens is 1. The lowest BCUT2D eigenvalue weighted by atomic mass is 10.0. The van der Waals surface area contributed by atoms with Gasteiger partial charge >= 0.3 is 0 Å². The fourth-order valence-electron chi connectivity index (χ4n) is 3.42. The summed E-state index contributed by atoms with van der Waals surface area (Å²) in [7, 11) is 0. The highest BCUT2D eigenvalue weighted by Gasteiger charge is 2.19. The second kappa shape index (κ2) is 7.99. The molecule has 1 atom stereocenters. The van der Waals surface area contributed by atoms with Crippen molar-refractivity contribution in [1.82, 2.24) is 15.1 Å². The first-order chi connectivity index (χ1) is 12.8. The smallest absolute Gasteiger partial charge is 0.126 e. The standard InChI is InChI=1S/C21H25N3O2/c1-16-14-20(23-22-16)21(26-13-10-24-8-11-25-12-9-24)19-7-6-17-4-2-3-5-18(17)15-19/h2-7,14-15,21H,8-13H2,1H3,(H,22,23). The highest BCUT2D eigenvalue weighted by Crippen LogP contribution is 2.28. The average molecular weight is 351 g/mol. The summed E-state index contributed by atoms with van der Waals surface area (Å²) in [6.45, 7) is 7.18. The van der Waals surface area contributed by atoms with Gasteiger partial charge in [-0.2, -0.15) is 5.10 Å².